The molecule has 0 saturated heterocycles. The maximum atomic E-state index is 9.00. The lowest BCUT2D eigenvalue weighted by Gasteiger charge is -1.59. The number of halogens is 1. The third-order valence-corrected chi connectivity index (χ3v) is 0. The van der Waals surface area contributed by atoms with E-state index in [0.29, 0.717) is 0 Å². The zero-order valence-corrected chi connectivity index (χ0v) is 5.94. The first kappa shape index (κ1) is 22.5. The molecule has 0 saturated carbocycles. The molecule has 0 spiro atoms. The van der Waals surface area contributed by atoms with Crippen LogP contribution in [0.3, 0.4) is 0 Å². The van der Waals surface area contributed by atoms with E-state index < -0.39 is 11.9 Å². The van der Waals surface area contributed by atoms with Crippen molar-refractivity contribution >= 4 is 47.4 Å². The minimum absolute atomic E-state index is 0. The Morgan fingerprint density at radius 3 is 1.00 bits per heavy atom. The summed E-state index contributed by atoms with van der Waals surface area (Å²) < 4.78 is 0. The molecule has 0 fully saturated rings. The van der Waals surface area contributed by atoms with Crippen LogP contribution in [0.15, 0.2) is 0 Å². The molecule has 0 aromatic rings. The second-order valence-corrected chi connectivity index (χ2v) is 1.04. The van der Waals surface area contributed by atoms with Crippen LogP contribution in [-0.4, -0.2) is 45.2 Å². The molecule has 10 heavy (non-hydrogen) atoms. The summed E-state index contributed by atoms with van der Waals surface area (Å²) in [6, 6.07) is 0. The van der Waals surface area contributed by atoms with E-state index in [0.717, 1.165) is 13.8 Å². The largest absolute Gasteiger partial charge is 0.481 e. The lowest BCUT2D eigenvalue weighted by molar-refractivity contribution is -0.135. The van der Waals surface area contributed by atoms with Crippen LogP contribution in [0.25, 0.3) is 0 Å². The van der Waals surface area contributed by atoms with Crippen molar-refractivity contribution < 1.29 is 19.8 Å². The average molecular weight is 183 g/mol. The third kappa shape index (κ3) is 27600000. The van der Waals surface area contributed by atoms with E-state index in [1.807, 2.05) is 0 Å². The summed E-state index contributed by atoms with van der Waals surface area (Å²) in [7, 11) is 0. The molecular weight excluding hydrogens is 172 g/mol. The van der Waals surface area contributed by atoms with E-state index >= 15 is 0 Å². The van der Waals surface area contributed by atoms with Crippen molar-refractivity contribution in [1.29, 1.82) is 0 Å². The van der Waals surface area contributed by atoms with Crippen LogP contribution in [0.5, 0.6) is 0 Å². The van der Waals surface area contributed by atoms with Crippen molar-refractivity contribution in [1.82, 2.24) is 0 Å². The summed E-state index contributed by atoms with van der Waals surface area (Å²) in [4.78, 5) is 18.0. The Labute approximate surface area is 81.2 Å². The molecule has 0 radical (unpaired) electrons. The Kier molecular flexibility index (Phi) is 36.0. The molecule has 0 aliphatic heterocycles. The monoisotopic (exact) mass is 182 g/mol. The van der Waals surface area contributed by atoms with Crippen LogP contribution in [0.2, 0.25) is 0 Å². The maximum Gasteiger partial charge on any atom is 0.316 e. The SMILES string of the molecule is CC(=O)O.CC(=O)O.Cl.[MgH2]. The fraction of sp³-hybridized carbons (Fsp3) is 0.500. The topological polar surface area (TPSA) is 74.6 Å². The van der Waals surface area contributed by atoms with Crippen LogP contribution in [0, 0.1) is 0 Å². The molecule has 0 unspecified atom stereocenters. The molecule has 2 N–H and O–H groups in total. The molecule has 0 atom stereocenters. The molecule has 0 aromatic heterocycles. The van der Waals surface area contributed by atoms with E-state index in [4.69, 9.17) is 19.8 Å². The summed E-state index contributed by atoms with van der Waals surface area (Å²) in [6.45, 7) is 2.17. The third-order valence-electron chi connectivity index (χ3n) is 0. The quantitative estimate of drug-likeness (QED) is 0.505. The zero-order valence-electron chi connectivity index (χ0n) is 5.12. The van der Waals surface area contributed by atoms with Crippen molar-refractivity contribution in [3.8, 4) is 0 Å². The van der Waals surface area contributed by atoms with Gasteiger partial charge in [-0.15, -0.1) is 12.4 Å². The van der Waals surface area contributed by atoms with Crippen LogP contribution in [0.4, 0.5) is 0 Å². The first-order valence-electron chi connectivity index (χ1n) is 1.86. The van der Waals surface area contributed by atoms with Gasteiger partial charge in [0.05, 0.1) is 0 Å². The molecular formula is C4H11ClMgO4. The minimum Gasteiger partial charge on any atom is -0.481 e. The summed E-state index contributed by atoms with van der Waals surface area (Å²) in [6.07, 6.45) is 0. The van der Waals surface area contributed by atoms with Gasteiger partial charge < -0.3 is 10.2 Å². The van der Waals surface area contributed by atoms with Gasteiger partial charge >= 0.3 is 23.1 Å². The molecule has 4 nitrogen and oxygen atoms in total. The molecule has 0 rings (SSSR count). The number of carboxylic acids is 2. The molecule has 0 aromatic carbocycles. The molecule has 0 heterocycles. The van der Waals surface area contributed by atoms with E-state index in [9.17, 15) is 0 Å². The summed E-state index contributed by atoms with van der Waals surface area (Å²) >= 11 is 0. The smallest absolute Gasteiger partial charge is 0.316 e. The molecule has 0 aliphatic carbocycles. The Balaban J connectivity index is -0.0000000300. The number of aliphatic carboxylic acids is 2. The van der Waals surface area contributed by atoms with Gasteiger partial charge in [-0.1, -0.05) is 0 Å². The van der Waals surface area contributed by atoms with E-state index in [1.54, 1.807) is 0 Å². The minimum atomic E-state index is -0.833. The lowest BCUT2D eigenvalue weighted by atomic mass is 10.9. The fourth-order valence-electron chi connectivity index (χ4n) is 0. The van der Waals surface area contributed by atoms with Crippen LogP contribution < -0.4 is 0 Å². The first-order chi connectivity index (χ1) is 3.46. The van der Waals surface area contributed by atoms with Gasteiger partial charge in [0, 0.05) is 13.8 Å². The van der Waals surface area contributed by atoms with Gasteiger partial charge in [-0.05, 0) is 0 Å². The highest BCUT2D eigenvalue weighted by Gasteiger charge is 1.65. The van der Waals surface area contributed by atoms with E-state index in [2.05, 4.69) is 0 Å². The van der Waals surface area contributed by atoms with Gasteiger partial charge in [0.25, 0.3) is 11.9 Å². The number of rotatable bonds is 0. The standard InChI is InChI=1S/2C2H4O2.ClH.Mg.2H/c2*1-2(3)4;;;;/h2*1H3,(H,3,4);1H;;;. The summed E-state index contributed by atoms with van der Waals surface area (Å²) in [5, 5.41) is 14.8. The molecule has 0 aliphatic rings. The zero-order chi connectivity index (χ0) is 7.15. The molecule has 0 bridgehead atoms. The number of carboxylic acid groups (broad SMARTS) is 2. The van der Waals surface area contributed by atoms with Gasteiger partial charge in [-0.2, -0.15) is 0 Å². The number of hydrogen-bond acceptors (Lipinski definition) is 2. The Morgan fingerprint density at radius 1 is 1.00 bits per heavy atom. The van der Waals surface area contributed by atoms with E-state index in [-0.39, 0.29) is 35.5 Å². The van der Waals surface area contributed by atoms with Gasteiger partial charge in [0.15, 0.2) is 0 Å². The van der Waals surface area contributed by atoms with Crippen LogP contribution in [-0.2, 0) is 9.59 Å². The van der Waals surface area contributed by atoms with Crippen molar-refractivity contribution in [3.63, 3.8) is 0 Å². The number of hydrogen-bond donors (Lipinski definition) is 2. The van der Waals surface area contributed by atoms with Crippen LogP contribution >= 0.6 is 12.4 Å². The molecule has 0 amide bonds. The highest BCUT2D eigenvalue weighted by Crippen LogP contribution is 1.42. The average Bonchev–Trinajstić information content (AvgIpc) is 1.25. The Hall–Kier alpha value is -0.00377. The van der Waals surface area contributed by atoms with Crippen molar-refractivity contribution in [2.24, 2.45) is 0 Å². The highest BCUT2D eigenvalue weighted by atomic mass is 35.5. The Morgan fingerprint density at radius 2 is 1.00 bits per heavy atom. The van der Waals surface area contributed by atoms with Crippen LogP contribution in [0.1, 0.15) is 13.8 Å². The number of carbonyl (C=O) groups is 2. The maximum absolute atomic E-state index is 9.00. The predicted octanol–water partition coefficient (Wildman–Crippen LogP) is -0.313. The van der Waals surface area contributed by atoms with Crippen molar-refractivity contribution in [2.45, 2.75) is 13.8 Å². The Bertz CT molecular complexity index is 75.3. The van der Waals surface area contributed by atoms with Crippen molar-refractivity contribution in [2.75, 3.05) is 0 Å². The lowest BCUT2D eigenvalue weighted by Crippen LogP contribution is -1.78. The van der Waals surface area contributed by atoms with Crippen molar-refractivity contribution in [3.05, 3.63) is 0 Å². The second-order valence-electron chi connectivity index (χ2n) is 1.04. The van der Waals surface area contributed by atoms with Gasteiger partial charge in [-0.25, -0.2) is 0 Å². The normalized spacial score (nSPS) is 5.00. The van der Waals surface area contributed by atoms with Gasteiger partial charge in [-0.3, -0.25) is 9.59 Å². The van der Waals surface area contributed by atoms with Gasteiger partial charge in [0.2, 0.25) is 0 Å². The van der Waals surface area contributed by atoms with Gasteiger partial charge in [0.1, 0.15) is 0 Å². The summed E-state index contributed by atoms with van der Waals surface area (Å²) in [5.74, 6) is -1.67. The highest BCUT2D eigenvalue weighted by molar-refractivity contribution is 5.85. The summed E-state index contributed by atoms with van der Waals surface area (Å²) in [5.41, 5.74) is 0. The predicted molar refractivity (Wildman–Crippen MR) is 42.4 cm³/mol. The first-order valence-corrected chi connectivity index (χ1v) is 1.86. The molecule has 60 valence electrons. The molecule has 6 heteroatoms. The van der Waals surface area contributed by atoms with E-state index in [1.165, 1.54) is 0 Å². The second kappa shape index (κ2) is 16.0. The fourth-order valence-corrected chi connectivity index (χ4v) is 0.